The Hall–Kier alpha value is -2.29. The molecule has 0 bridgehead atoms. The van der Waals surface area contributed by atoms with Crippen LogP contribution in [0.2, 0.25) is 0 Å². The van der Waals surface area contributed by atoms with E-state index in [4.69, 9.17) is 4.74 Å². The predicted molar refractivity (Wildman–Crippen MR) is 76.4 cm³/mol. The van der Waals surface area contributed by atoms with Crippen molar-refractivity contribution >= 4 is 11.6 Å². The third-order valence-corrected chi connectivity index (χ3v) is 2.74. The van der Waals surface area contributed by atoms with Crippen molar-refractivity contribution in [2.75, 3.05) is 11.9 Å². The van der Waals surface area contributed by atoms with Crippen molar-refractivity contribution in [3.8, 4) is 5.75 Å². The minimum atomic E-state index is -0.0419. The zero-order valence-corrected chi connectivity index (χ0v) is 10.9. The summed E-state index contributed by atoms with van der Waals surface area (Å²) in [5.74, 6) is 0.787. The van der Waals surface area contributed by atoms with Gasteiger partial charge in [0.2, 0.25) is 5.91 Å². The lowest BCUT2D eigenvalue weighted by atomic mass is 10.2. The fourth-order valence-corrected chi connectivity index (χ4v) is 1.72. The van der Waals surface area contributed by atoms with E-state index in [-0.39, 0.29) is 5.91 Å². The van der Waals surface area contributed by atoms with Crippen molar-refractivity contribution in [3.05, 3.63) is 60.2 Å². The van der Waals surface area contributed by atoms with Gasteiger partial charge in [-0.2, -0.15) is 0 Å². The first-order valence-electron chi connectivity index (χ1n) is 6.29. The summed E-state index contributed by atoms with van der Waals surface area (Å²) in [5.41, 5.74) is 1.88. The second-order valence-electron chi connectivity index (χ2n) is 4.28. The van der Waals surface area contributed by atoms with Crippen LogP contribution in [0, 0.1) is 6.92 Å². The molecule has 0 fully saturated rings. The van der Waals surface area contributed by atoms with Gasteiger partial charge >= 0.3 is 0 Å². The molecule has 2 aromatic rings. The summed E-state index contributed by atoms with van der Waals surface area (Å²) < 4.78 is 5.58. The number of para-hydroxylation sites is 2. The van der Waals surface area contributed by atoms with Gasteiger partial charge in [-0.1, -0.05) is 36.4 Å². The molecule has 3 nitrogen and oxygen atoms in total. The highest BCUT2D eigenvalue weighted by Crippen LogP contribution is 2.16. The minimum absolute atomic E-state index is 0.0419. The number of hydrogen-bond donors (Lipinski definition) is 1. The molecule has 1 N–H and O–H groups in total. The molecule has 2 aromatic carbocycles. The third kappa shape index (κ3) is 4.14. The van der Waals surface area contributed by atoms with E-state index in [0.29, 0.717) is 13.0 Å². The van der Waals surface area contributed by atoms with Gasteiger partial charge in [-0.3, -0.25) is 4.79 Å². The monoisotopic (exact) mass is 255 g/mol. The Bertz CT molecular complexity index is 537. The van der Waals surface area contributed by atoms with Crippen LogP contribution in [0.4, 0.5) is 5.69 Å². The fraction of sp³-hybridized carbons (Fsp3) is 0.188. The third-order valence-electron chi connectivity index (χ3n) is 2.74. The molecule has 0 saturated heterocycles. The molecule has 3 heteroatoms. The molecule has 98 valence electrons. The van der Waals surface area contributed by atoms with Crippen LogP contribution in [0.5, 0.6) is 5.75 Å². The van der Waals surface area contributed by atoms with Gasteiger partial charge in [-0.15, -0.1) is 0 Å². The standard InChI is InChI=1S/C16H17NO2/c1-13-7-5-6-10-15(13)19-12-11-16(18)17-14-8-3-2-4-9-14/h2-10H,11-12H2,1H3,(H,17,18). The molecule has 0 spiro atoms. The van der Waals surface area contributed by atoms with Gasteiger partial charge in [0.25, 0.3) is 0 Å². The highest BCUT2D eigenvalue weighted by molar-refractivity contribution is 5.90. The van der Waals surface area contributed by atoms with Crippen LogP contribution in [-0.4, -0.2) is 12.5 Å². The molecule has 0 aliphatic rings. The summed E-state index contributed by atoms with van der Waals surface area (Å²) in [6.07, 6.45) is 0.337. The minimum Gasteiger partial charge on any atom is -0.493 e. The van der Waals surface area contributed by atoms with Gasteiger partial charge in [-0.25, -0.2) is 0 Å². The van der Waals surface area contributed by atoms with E-state index >= 15 is 0 Å². The molecule has 0 aliphatic carbocycles. The van der Waals surface area contributed by atoms with E-state index in [2.05, 4.69) is 5.32 Å². The van der Waals surface area contributed by atoms with E-state index in [9.17, 15) is 4.79 Å². The van der Waals surface area contributed by atoms with Crippen LogP contribution in [0.1, 0.15) is 12.0 Å². The molecule has 2 rings (SSSR count). The number of carbonyl (C=O) groups is 1. The van der Waals surface area contributed by atoms with Crippen LogP contribution in [0.25, 0.3) is 0 Å². The number of hydrogen-bond acceptors (Lipinski definition) is 2. The maximum atomic E-state index is 11.7. The van der Waals surface area contributed by atoms with Crippen molar-refractivity contribution in [2.24, 2.45) is 0 Å². The van der Waals surface area contributed by atoms with Crippen molar-refractivity contribution in [1.82, 2.24) is 0 Å². The van der Waals surface area contributed by atoms with Crippen LogP contribution in [0.3, 0.4) is 0 Å². The van der Waals surface area contributed by atoms with Crippen molar-refractivity contribution in [1.29, 1.82) is 0 Å². The Morgan fingerprint density at radius 1 is 1.05 bits per heavy atom. The summed E-state index contributed by atoms with van der Waals surface area (Å²) in [6.45, 7) is 2.36. The fourth-order valence-electron chi connectivity index (χ4n) is 1.72. The topological polar surface area (TPSA) is 38.3 Å². The van der Waals surface area contributed by atoms with Gasteiger partial charge in [-0.05, 0) is 30.7 Å². The Morgan fingerprint density at radius 3 is 2.47 bits per heavy atom. The summed E-state index contributed by atoms with van der Waals surface area (Å²) in [5, 5.41) is 2.82. The van der Waals surface area contributed by atoms with Gasteiger partial charge in [0.05, 0.1) is 13.0 Å². The molecular formula is C16H17NO2. The first kappa shape index (κ1) is 13.1. The summed E-state index contributed by atoms with van der Waals surface area (Å²) in [7, 11) is 0. The van der Waals surface area contributed by atoms with E-state index in [0.717, 1.165) is 17.0 Å². The lowest BCUT2D eigenvalue weighted by Gasteiger charge is -2.09. The largest absolute Gasteiger partial charge is 0.493 e. The van der Waals surface area contributed by atoms with Crippen LogP contribution >= 0.6 is 0 Å². The van der Waals surface area contributed by atoms with E-state index in [1.54, 1.807) is 0 Å². The smallest absolute Gasteiger partial charge is 0.227 e. The lowest BCUT2D eigenvalue weighted by Crippen LogP contribution is -2.15. The van der Waals surface area contributed by atoms with E-state index in [1.807, 2.05) is 61.5 Å². The molecule has 0 aliphatic heterocycles. The van der Waals surface area contributed by atoms with Gasteiger partial charge in [0.1, 0.15) is 5.75 Å². The molecule has 0 aromatic heterocycles. The molecule has 0 heterocycles. The van der Waals surface area contributed by atoms with Crippen LogP contribution in [-0.2, 0) is 4.79 Å². The first-order valence-corrected chi connectivity index (χ1v) is 6.29. The molecule has 0 saturated carbocycles. The number of rotatable bonds is 5. The molecule has 19 heavy (non-hydrogen) atoms. The number of amides is 1. The number of anilines is 1. The highest BCUT2D eigenvalue weighted by Gasteiger charge is 2.03. The molecular weight excluding hydrogens is 238 g/mol. The molecule has 0 unspecified atom stereocenters. The molecule has 0 radical (unpaired) electrons. The number of nitrogens with one attached hydrogen (secondary N) is 1. The Kier molecular flexibility index (Phi) is 4.56. The van der Waals surface area contributed by atoms with Crippen molar-refractivity contribution in [3.63, 3.8) is 0 Å². The normalized spacial score (nSPS) is 9.95. The summed E-state index contributed by atoms with van der Waals surface area (Å²) in [4.78, 5) is 11.7. The average Bonchev–Trinajstić information content (AvgIpc) is 2.42. The Labute approximate surface area is 113 Å². The van der Waals surface area contributed by atoms with Crippen LogP contribution < -0.4 is 10.1 Å². The van der Waals surface area contributed by atoms with Crippen molar-refractivity contribution in [2.45, 2.75) is 13.3 Å². The lowest BCUT2D eigenvalue weighted by molar-refractivity contribution is -0.116. The number of aryl methyl sites for hydroxylation is 1. The summed E-state index contributed by atoms with van der Waals surface area (Å²) >= 11 is 0. The number of benzene rings is 2. The SMILES string of the molecule is Cc1ccccc1OCCC(=O)Nc1ccccc1. The highest BCUT2D eigenvalue weighted by atomic mass is 16.5. The molecule has 0 atom stereocenters. The zero-order chi connectivity index (χ0) is 13.5. The predicted octanol–water partition coefficient (Wildman–Crippen LogP) is 3.40. The summed E-state index contributed by atoms with van der Waals surface area (Å²) in [6, 6.07) is 17.2. The second-order valence-corrected chi connectivity index (χ2v) is 4.28. The Morgan fingerprint density at radius 2 is 1.74 bits per heavy atom. The van der Waals surface area contributed by atoms with Crippen LogP contribution in [0.15, 0.2) is 54.6 Å². The zero-order valence-electron chi connectivity index (χ0n) is 10.9. The van der Waals surface area contributed by atoms with E-state index in [1.165, 1.54) is 0 Å². The average molecular weight is 255 g/mol. The molecule has 1 amide bonds. The van der Waals surface area contributed by atoms with Gasteiger partial charge in [0.15, 0.2) is 0 Å². The first-order chi connectivity index (χ1) is 9.25. The number of carbonyl (C=O) groups excluding carboxylic acids is 1. The maximum absolute atomic E-state index is 11.7. The second kappa shape index (κ2) is 6.59. The van der Waals surface area contributed by atoms with E-state index < -0.39 is 0 Å². The van der Waals surface area contributed by atoms with Gasteiger partial charge < -0.3 is 10.1 Å². The van der Waals surface area contributed by atoms with Gasteiger partial charge in [0, 0.05) is 5.69 Å². The van der Waals surface area contributed by atoms with Crippen molar-refractivity contribution < 1.29 is 9.53 Å². The quantitative estimate of drug-likeness (QED) is 0.889. The number of ether oxygens (including phenoxy) is 1. The maximum Gasteiger partial charge on any atom is 0.227 e. The Balaban J connectivity index is 1.77.